The summed E-state index contributed by atoms with van der Waals surface area (Å²) in [6.07, 6.45) is 4.45. The molecule has 1 aliphatic heterocycles. The molecule has 0 saturated carbocycles. The summed E-state index contributed by atoms with van der Waals surface area (Å²) in [5.74, 6) is -3.43. The van der Waals surface area contributed by atoms with E-state index in [0.717, 1.165) is 63.4 Å². The minimum atomic E-state index is -1.26. The molecule has 1 aliphatic carbocycles. The minimum Gasteiger partial charge on any atom is -0.506 e. The standard InChI is InChI=1S/C24H28N2O3.C21H25ClN2O3.C4H4O4.2ClH/c1-3-14-9-16-11-18(12-17(16)10-15(14)4-2)25-13-22(28)19-5-7-21(27)24-20(19)6-8-23(29)26-24;22-19-8-6-18(7-9-19)21(17-4-2-1-3-5-17)24-12-10-23(11-13-24)14-15-27-16-20(25)26;5-3(6)1-2-4(7)8;;/h5-10,18,22,25,27-28H,3-4,11-13H2,1-2H3,(H,26,29);1-9,21H,10-16H2,(H,25,26);1-2H,(H,5,6)(H,7,8);2*1H/b;;2-1-;;/t22-;;;;/m0..../s1. The first-order valence-corrected chi connectivity index (χ1v) is 21.7. The summed E-state index contributed by atoms with van der Waals surface area (Å²) in [7, 11) is 0. The van der Waals surface area contributed by atoms with Crippen molar-refractivity contribution >= 4 is 65.2 Å². The van der Waals surface area contributed by atoms with E-state index in [4.69, 9.17) is 31.7 Å². The van der Waals surface area contributed by atoms with Crippen LogP contribution in [0.2, 0.25) is 5.02 Å². The number of carboxylic acids is 3. The van der Waals surface area contributed by atoms with Crippen LogP contribution in [0.5, 0.6) is 5.75 Å². The summed E-state index contributed by atoms with van der Waals surface area (Å²) in [5, 5.41) is 50.0. The smallest absolute Gasteiger partial charge is 0.329 e. The number of piperazine rings is 1. The SMILES string of the molecule is CCc1cc2c(cc1CC)CC(NC[C@H](O)c1ccc(O)c3[nH]c(=O)ccc13)C2.Cl.Cl.O=C(O)/C=C\C(=O)O.O=C(O)COCCN1CCN(C(c2ccccc2)c2ccc(Cl)cc2)CC1. The predicted molar refractivity (Wildman–Crippen MR) is 261 cm³/mol. The third-order valence-corrected chi connectivity index (χ3v) is 11.6. The van der Waals surface area contributed by atoms with Crippen LogP contribution < -0.4 is 10.9 Å². The number of fused-ring (bicyclic) bond motifs is 2. The summed E-state index contributed by atoms with van der Waals surface area (Å²) in [6, 6.07) is 30.2. The van der Waals surface area contributed by atoms with Gasteiger partial charge in [-0.3, -0.25) is 14.6 Å². The highest BCUT2D eigenvalue weighted by Gasteiger charge is 2.27. The molecular weight excluding hydrogens is 911 g/mol. The Hall–Kier alpha value is -5.29. The van der Waals surface area contributed by atoms with Gasteiger partial charge in [0.25, 0.3) is 0 Å². The average Bonchev–Trinajstić information content (AvgIpc) is 3.70. The van der Waals surface area contributed by atoms with Crippen LogP contribution in [0.1, 0.15) is 64.9 Å². The number of aromatic nitrogens is 1. The third kappa shape index (κ3) is 16.2. The molecule has 5 aromatic rings. The van der Waals surface area contributed by atoms with Gasteiger partial charge in [-0.25, -0.2) is 14.4 Å². The van der Waals surface area contributed by atoms with E-state index in [1.807, 2.05) is 18.2 Å². The zero-order chi connectivity index (χ0) is 46.2. The number of phenols is 1. The van der Waals surface area contributed by atoms with Crippen molar-refractivity contribution in [3.05, 3.63) is 157 Å². The van der Waals surface area contributed by atoms with Crippen LogP contribution >= 0.6 is 36.4 Å². The van der Waals surface area contributed by atoms with E-state index in [9.17, 15) is 29.4 Å². The van der Waals surface area contributed by atoms with Crippen LogP contribution in [-0.4, -0.2) is 117 Å². The number of aromatic amines is 1. The van der Waals surface area contributed by atoms with Crippen molar-refractivity contribution < 1.29 is 44.7 Å². The van der Waals surface area contributed by atoms with Crippen molar-refractivity contribution in [3.8, 4) is 5.75 Å². The molecular formula is C49H59Cl3N4O10. The van der Waals surface area contributed by atoms with Crippen molar-refractivity contribution in [2.24, 2.45) is 0 Å². The molecule has 4 aromatic carbocycles. The van der Waals surface area contributed by atoms with E-state index in [1.54, 1.807) is 12.1 Å². The molecule has 17 heteroatoms. The van der Waals surface area contributed by atoms with Gasteiger partial charge in [-0.15, -0.1) is 24.8 Å². The quantitative estimate of drug-likeness (QED) is 0.0399. The zero-order valence-electron chi connectivity index (χ0n) is 36.9. The lowest BCUT2D eigenvalue weighted by Gasteiger charge is -2.39. The molecule has 2 heterocycles. The molecule has 356 valence electrons. The Morgan fingerprint density at radius 2 is 1.39 bits per heavy atom. The van der Waals surface area contributed by atoms with Gasteiger partial charge < -0.3 is 40.6 Å². The molecule has 1 unspecified atom stereocenters. The highest BCUT2D eigenvalue weighted by Crippen LogP contribution is 2.32. The molecule has 2 aliphatic rings. The molecule has 2 atom stereocenters. The highest BCUT2D eigenvalue weighted by molar-refractivity contribution is 6.30. The first kappa shape index (κ1) is 55.0. The lowest BCUT2D eigenvalue weighted by Crippen LogP contribution is -2.48. The Labute approximate surface area is 401 Å². The number of carbonyl (C=O) groups is 3. The number of aryl methyl sites for hydroxylation is 2. The van der Waals surface area contributed by atoms with Crippen LogP contribution in [0.15, 0.2) is 108 Å². The Morgan fingerprint density at radius 1 is 0.818 bits per heavy atom. The number of aliphatic hydroxyl groups excluding tert-OH is 1. The second kappa shape index (κ2) is 27.4. The largest absolute Gasteiger partial charge is 0.506 e. The Morgan fingerprint density at radius 3 is 1.94 bits per heavy atom. The lowest BCUT2D eigenvalue weighted by molar-refractivity contribution is -0.142. The Balaban J connectivity index is 0.000000294. The van der Waals surface area contributed by atoms with Crippen molar-refractivity contribution in [1.82, 2.24) is 20.1 Å². The predicted octanol–water partition coefficient (Wildman–Crippen LogP) is 6.85. The third-order valence-electron chi connectivity index (χ3n) is 11.3. The van der Waals surface area contributed by atoms with E-state index in [0.29, 0.717) is 47.8 Å². The second-order valence-electron chi connectivity index (χ2n) is 15.6. The topological polar surface area (TPSA) is 213 Å². The molecule has 66 heavy (non-hydrogen) atoms. The van der Waals surface area contributed by atoms with Crippen LogP contribution in [0.3, 0.4) is 0 Å². The fourth-order valence-corrected chi connectivity index (χ4v) is 8.28. The Kier molecular flexibility index (Phi) is 22.8. The van der Waals surface area contributed by atoms with Gasteiger partial charge in [-0.2, -0.15) is 0 Å². The van der Waals surface area contributed by atoms with Gasteiger partial charge in [0.2, 0.25) is 5.56 Å². The molecule has 0 radical (unpaired) electrons. The van der Waals surface area contributed by atoms with Crippen molar-refractivity contribution in [3.63, 3.8) is 0 Å². The maximum Gasteiger partial charge on any atom is 0.329 e. The number of ether oxygens (including phenoxy) is 1. The summed E-state index contributed by atoms with van der Waals surface area (Å²) < 4.78 is 5.15. The van der Waals surface area contributed by atoms with E-state index in [-0.39, 0.29) is 48.8 Å². The number of phenolic OH excluding ortho intramolecular Hbond substituents is 1. The molecule has 0 spiro atoms. The fraction of sp³-hybridized carbons (Fsp3) is 0.347. The number of aromatic hydroxyl groups is 1. The number of aliphatic carboxylic acids is 3. The number of benzene rings is 4. The molecule has 0 amide bonds. The highest BCUT2D eigenvalue weighted by atomic mass is 35.5. The number of aliphatic hydroxyl groups is 1. The number of H-pyrrole nitrogens is 1. The van der Waals surface area contributed by atoms with Gasteiger partial charge >= 0.3 is 17.9 Å². The van der Waals surface area contributed by atoms with Crippen LogP contribution in [0.25, 0.3) is 10.9 Å². The first-order chi connectivity index (χ1) is 30.8. The first-order valence-electron chi connectivity index (χ1n) is 21.4. The van der Waals surface area contributed by atoms with Crippen molar-refractivity contribution in [1.29, 1.82) is 0 Å². The number of hydrogen-bond donors (Lipinski definition) is 7. The Bertz CT molecular complexity index is 2380. The second-order valence-corrected chi connectivity index (χ2v) is 16.0. The summed E-state index contributed by atoms with van der Waals surface area (Å²) in [6.45, 7) is 9.58. The van der Waals surface area contributed by atoms with E-state index in [1.165, 1.54) is 45.5 Å². The lowest BCUT2D eigenvalue weighted by atomic mass is 9.96. The molecule has 0 bridgehead atoms. The van der Waals surface area contributed by atoms with Crippen molar-refractivity contribution in [2.75, 3.05) is 52.5 Å². The monoisotopic (exact) mass is 968 g/mol. The number of halogens is 3. The van der Waals surface area contributed by atoms with Gasteiger partial charge in [-0.1, -0.05) is 86.1 Å². The van der Waals surface area contributed by atoms with E-state index >= 15 is 0 Å². The molecule has 14 nitrogen and oxygen atoms in total. The number of carboxylic acid groups (broad SMARTS) is 3. The number of rotatable bonds is 16. The van der Waals surface area contributed by atoms with E-state index in [2.05, 4.69) is 82.5 Å². The summed E-state index contributed by atoms with van der Waals surface area (Å²) >= 11 is 6.08. The maximum atomic E-state index is 11.6. The number of hydrogen-bond acceptors (Lipinski definition) is 10. The summed E-state index contributed by atoms with van der Waals surface area (Å²) in [5.41, 5.74) is 9.01. The minimum absolute atomic E-state index is 0. The van der Waals surface area contributed by atoms with Gasteiger partial charge in [0, 0.05) is 73.9 Å². The molecule has 1 saturated heterocycles. The number of pyridine rings is 1. The average molecular weight is 970 g/mol. The molecule has 1 fully saturated rings. The molecule has 7 N–H and O–H groups in total. The van der Waals surface area contributed by atoms with Gasteiger partial charge in [0.1, 0.15) is 12.4 Å². The van der Waals surface area contributed by atoms with Crippen LogP contribution in [0, 0.1) is 0 Å². The number of nitrogens with zero attached hydrogens (tertiary/aromatic N) is 2. The summed E-state index contributed by atoms with van der Waals surface area (Å²) in [4.78, 5) is 48.6. The fourth-order valence-electron chi connectivity index (χ4n) is 8.15. The molecule has 7 rings (SSSR count). The van der Waals surface area contributed by atoms with Crippen LogP contribution in [-0.2, 0) is 44.8 Å². The van der Waals surface area contributed by atoms with Gasteiger partial charge in [-0.05, 0) is 88.9 Å². The normalized spacial score (nSPS) is 14.7. The van der Waals surface area contributed by atoms with Gasteiger partial charge in [0.05, 0.1) is 24.3 Å². The van der Waals surface area contributed by atoms with E-state index < -0.39 is 24.0 Å². The van der Waals surface area contributed by atoms with Crippen LogP contribution in [0.4, 0.5) is 0 Å². The maximum absolute atomic E-state index is 11.6. The zero-order valence-corrected chi connectivity index (χ0v) is 39.3. The number of nitrogens with one attached hydrogen (secondary N) is 2. The van der Waals surface area contributed by atoms with Gasteiger partial charge in [0.15, 0.2) is 0 Å². The van der Waals surface area contributed by atoms with Crippen molar-refractivity contribution in [2.45, 2.75) is 57.7 Å². The molecule has 1 aromatic heterocycles.